The fourth-order valence-corrected chi connectivity index (χ4v) is 2.27. The molecule has 21 heavy (non-hydrogen) atoms. The normalized spacial score (nSPS) is 12.2. The van der Waals surface area contributed by atoms with Gasteiger partial charge in [0.2, 0.25) is 5.91 Å². The third-order valence-electron chi connectivity index (χ3n) is 3.76. The average molecular weight is 295 g/mol. The standard InChI is InChI=1S/C15H25N3O3/c1-10(5-8-15(20)21)9-16-14(19)7-6-13-11(2)17-18(4)12(13)3/h10H,5-9H2,1-4H3,(H,16,19)(H,20,21). The van der Waals surface area contributed by atoms with E-state index in [-0.39, 0.29) is 18.2 Å². The summed E-state index contributed by atoms with van der Waals surface area (Å²) in [6, 6.07) is 0. The summed E-state index contributed by atoms with van der Waals surface area (Å²) in [4.78, 5) is 22.3. The van der Waals surface area contributed by atoms with Crippen molar-refractivity contribution >= 4 is 11.9 Å². The molecular weight excluding hydrogens is 270 g/mol. The molecule has 0 aliphatic carbocycles. The molecule has 6 nitrogen and oxygen atoms in total. The number of aliphatic carboxylic acids is 1. The summed E-state index contributed by atoms with van der Waals surface area (Å²) < 4.78 is 1.83. The minimum atomic E-state index is -0.796. The van der Waals surface area contributed by atoms with Crippen molar-refractivity contribution in [1.29, 1.82) is 0 Å². The molecule has 0 spiro atoms. The van der Waals surface area contributed by atoms with Crippen molar-refractivity contribution in [2.24, 2.45) is 13.0 Å². The Bertz CT molecular complexity index is 509. The van der Waals surface area contributed by atoms with Crippen LogP contribution in [0.4, 0.5) is 0 Å². The highest BCUT2D eigenvalue weighted by atomic mass is 16.4. The zero-order valence-electron chi connectivity index (χ0n) is 13.3. The van der Waals surface area contributed by atoms with Crippen LogP contribution in [0.2, 0.25) is 0 Å². The first-order chi connectivity index (χ1) is 9.81. The van der Waals surface area contributed by atoms with Crippen molar-refractivity contribution < 1.29 is 14.7 Å². The first-order valence-electron chi connectivity index (χ1n) is 7.28. The molecule has 2 N–H and O–H groups in total. The van der Waals surface area contributed by atoms with E-state index in [1.54, 1.807) is 0 Å². The second-order valence-corrected chi connectivity index (χ2v) is 5.61. The first kappa shape index (κ1) is 17.2. The maximum Gasteiger partial charge on any atom is 0.303 e. The van der Waals surface area contributed by atoms with Crippen LogP contribution in [0.15, 0.2) is 0 Å². The molecule has 1 unspecified atom stereocenters. The van der Waals surface area contributed by atoms with Gasteiger partial charge in [0.25, 0.3) is 0 Å². The minimum absolute atomic E-state index is 0.000159. The maximum absolute atomic E-state index is 11.8. The Hall–Kier alpha value is -1.85. The summed E-state index contributed by atoms with van der Waals surface area (Å²) in [6.45, 7) is 6.42. The van der Waals surface area contributed by atoms with Crippen LogP contribution in [-0.2, 0) is 23.1 Å². The molecule has 118 valence electrons. The molecule has 1 aromatic heterocycles. The van der Waals surface area contributed by atoms with E-state index in [1.165, 1.54) is 0 Å². The lowest BCUT2D eigenvalue weighted by molar-refractivity contribution is -0.137. The summed E-state index contributed by atoms with van der Waals surface area (Å²) in [6.07, 6.45) is 1.83. The van der Waals surface area contributed by atoms with Gasteiger partial charge in [0.05, 0.1) is 5.69 Å². The molecule has 6 heteroatoms. The first-order valence-corrected chi connectivity index (χ1v) is 7.28. The van der Waals surface area contributed by atoms with Crippen molar-refractivity contribution in [2.75, 3.05) is 6.54 Å². The fraction of sp³-hybridized carbons (Fsp3) is 0.667. The molecule has 1 amide bonds. The Kier molecular flexibility index (Phi) is 6.39. The molecule has 0 aliphatic rings. The van der Waals surface area contributed by atoms with E-state index in [2.05, 4.69) is 10.4 Å². The Balaban J connectivity index is 2.33. The Morgan fingerprint density at radius 2 is 2.00 bits per heavy atom. The van der Waals surface area contributed by atoms with E-state index in [9.17, 15) is 9.59 Å². The smallest absolute Gasteiger partial charge is 0.303 e. The lowest BCUT2D eigenvalue weighted by atomic mass is 10.1. The second kappa shape index (κ2) is 7.81. The van der Waals surface area contributed by atoms with Crippen LogP contribution in [0.1, 0.15) is 43.1 Å². The van der Waals surface area contributed by atoms with Gasteiger partial charge in [0.15, 0.2) is 0 Å². The Morgan fingerprint density at radius 1 is 1.33 bits per heavy atom. The molecule has 1 aromatic rings. The predicted octanol–water partition coefficient (Wildman–Crippen LogP) is 1.59. The highest BCUT2D eigenvalue weighted by molar-refractivity contribution is 5.76. The number of hydrogen-bond donors (Lipinski definition) is 2. The highest BCUT2D eigenvalue weighted by Crippen LogP contribution is 2.14. The quantitative estimate of drug-likeness (QED) is 0.762. The van der Waals surface area contributed by atoms with Gasteiger partial charge in [-0.15, -0.1) is 0 Å². The van der Waals surface area contributed by atoms with E-state index in [1.807, 2.05) is 32.5 Å². The van der Waals surface area contributed by atoms with Gasteiger partial charge in [-0.25, -0.2) is 0 Å². The van der Waals surface area contributed by atoms with Crippen LogP contribution < -0.4 is 5.32 Å². The van der Waals surface area contributed by atoms with Crippen LogP contribution in [0.3, 0.4) is 0 Å². The number of amides is 1. The Morgan fingerprint density at radius 3 is 2.52 bits per heavy atom. The monoisotopic (exact) mass is 295 g/mol. The number of carbonyl (C=O) groups excluding carboxylic acids is 1. The summed E-state index contributed by atoms with van der Waals surface area (Å²) in [5.41, 5.74) is 3.19. The predicted molar refractivity (Wildman–Crippen MR) is 80.0 cm³/mol. The van der Waals surface area contributed by atoms with Gasteiger partial charge in [0.1, 0.15) is 0 Å². The number of rotatable bonds is 8. The molecule has 0 radical (unpaired) electrons. The molecule has 1 heterocycles. The van der Waals surface area contributed by atoms with Gasteiger partial charge in [-0.3, -0.25) is 14.3 Å². The highest BCUT2D eigenvalue weighted by Gasteiger charge is 2.12. The van der Waals surface area contributed by atoms with Crippen molar-refractivity contribution in [2.45, 2.75) is 46.5 Å². The van der Waals surface area contributed by atoms with Crippen LogP contribution >= 0.6 is 0 Å². The topological polar surface area (TPSA) is 84.2 Å². The SMILES string of the molecule is Cc1nn(C)c(C)c1CCC(=O)NCC(C)CCC(=O)O. The zero-order valence-corrected chi connectivity index (χ0v) is 13.3. The molecule has 0 aromatic carbocycles. The van der Waals surface area contributed by atoms with Crippen molar-refractivity contribution in [1.82, 2.24) is 15.1 Å². The average Bonchev–Trinajstić information content (AvgIpc) is 2.65. The molecule has 1 atom stereocenters. The molecular formula is C15H25N3O3. The summed E-state index contributed by atoms with van der Waals surface area (Å²) in [5.74, 6) is -0.623. The van der Waals surface area contributed by atoms with E-state index in [0.29, 0.717) is 25.8 Å². The Labute approximate surface area is 125 Å². The molecule has 0 aliphatic heterocycles. The third-order valence-corrected chi connectivity index (χ3v) is 3.76. The van der Waals surface area contributed by atoms with Crippen molar-refractivity contribution in [3.8, 4) is 0 Å². The minimum Gasteiger partial charge on any atom is -0.481 e. The van der Waals surface area contributed by atoms with Crippen LogP contribution in [0.5, 0.6) is 0 Å². The summed E-state index contributed by atoms with van der Waals surface area (Å²) in [7, 11) is 1.90. The summed E-state index contributed by atoms with van der Waals surface area (Å²) >= 11 is 0. The number of carboxylic acid groups (broad SMARTS) is 1. The number of aryl methyl sites for hydroxylation is 2. The van der Waals surface area contributed by atoms with Gasteiger partial charge in [-0.1, -0.05) is 6.92 Å². The van der Waals surface area contributed by atoms with E-state index >= 15 is 0 Å². The number of hydrogen-bond acceptors (Lipinski definition) is 3. The molecule has 0 fully saturated rings. The maximum atomic E-state index is 11.8. The van der Waals surface area contributed by atoms with Crippen LogP contribution in [-0.4, -0.2) is 33.3 Å². The fourth-order valence-electron chi connectivity index (χ4n) is 2.27. The second-order valence-electron chi connectivity index (χ2n) is 5.61. The van der Waals surface area contributed by atoms with Crippen molar-refractivity contribution in [3.05, 3.63) is 17.0 Å². The van der Waals surface area contributed by atoms with Crippen molar-refractivity contribution in [3.63, 3.8) is 0 Å². The van der Waals surface area contributed by atoms with E-state index < -0.39 is 5.97 Å². The van der Waals surface area contributed by atoms with E-state index in [0.717, 1.165) is 17.0 Å². The van der Waals surface area contributed by atoms with Gasteiger partial charge < -0.3 is 10.4 Å². The molecule has 0 saturated heterocycles. The van der Waals surface area contributed by atoms with Gasteiger partial charge in [0, 0.05) is 32.1 Å². The lowest BCUT2D eigenvalue weighted by Gasteiger charge is -2.11. The number of carbonyl (C=O) groups is 2. The number of aromatic nitrogens is 2. The van der Waals surface area contributed by atoms with Gasteiger partial charge >= 0.3 is 5.97 Å². The molecule has 0 bridgehead atoms. The lowest BCUT2D eigenvalue weighted by Crippen LogP contribution is -2.28. The number of nitrogens with zero attached hydrogens (tertiary/aromatic N) is 2. The third kappa shape index (κ3) is 5.57. The van der Waals surface area contributed by atoms with Gasteiger partial charge in [-0.05, 0) is 38.2 Å². The van der Waals surface area contributed by atoms with E-state index in [4.69, 9.17) is 5.11 Å². The number of carboxylic acids is 1. The largest absolute Gasteiger partial charge is 0.481 e. The van der Waals surface area contributed by atoms with Crippen LogP contribution in [0.25, 0.3) is 0 Å². The van der Waals surface area contributed by atoms with Crippen LogP contribution in [0, 0.1) is 19.8 Å². The molecule has 1 rings (SSSR count). The summed E-state index contributed by atoms with van der Waals surface area (Å²) in [5, 5.41) is 15.8. The zero-order chi connectivity index (χ0) is 16.0. The number of nitrogens with one attached hydrogen (secondary N) is 1. The van der Waals surface area contributed by atoms with Gasteiger partial charge in [-0.2, -0.15) is 5.10 Å². The molecule has 0 saturated carbocycles.